The molecule has 3 N–H and O–H groups in total. The predicted molar refractivity (Wildman–Crippen MR) is 68.8 cm³/mol. The van der Waals surface area contributed by atoms with Crippen LogP contribution < -0.4 is 11.3 Å². The van der Waals surface area contributed by atoms with Gasteiger partial charge in [-0.25, -0.2) is 0 Å². The van der Waals surface area contributed by atoms with Crippen molar-refractivity contribution in [3.05, 3.63) is 35.9 Å². The summed E-state index contributed by atoms with van der Waals surface area (Å²) < 4.78 is 0. The molecule has 1 rings (SSSR count). The van der Waals surface area contributed by atoms with Gasteiger partial charge in [-0.05, 0) is 24.8 Å². The van der Waals surface area contributed by atoms with E-state index in [1.165, 1.54) is 12.0 Å². The molecule has 1 aromatic carbocycles. The summed E-state index contributed by atoms with van der Waals surface area (Å²) in [5, 5.41) is 0. The monoisotopic (exact) mass is 222 g/mol. The third-order valence-electron chi connectivity index (χ3n) is 2.32. The van der Waals surface area contributed by atoms with Crippen molar-refractivity contribution in [2.75, 3.05) is 6.54 Å². The Labute approximate surface area is 96.8 Å². The minimum absolute atomic E-state index is 0.887. The predicted octanol–water partition coefficient (Wildman–Crippen LogP) is 2.43. The summed E-state index contributed by atoms with van der Waals surface area (Å²) in [6.45, 7) is 0.887. The largest absolute Gasteiger partial charge is 0.271 e. The molecule has 15 heavy (non-hydrogen) atoms. The van der Waals surface area contributed by atoms with Crippen LogP contribution in [-0.2, 0) is 0 Å². The fraction of sp³-hybridized carbons (Fsp3) is 0.417. The lowest BCUT2D eigenvalue weighted by molar-refractivity contribution is 0.629. The average molecular weight is 222 g/mol. The summed E-state index contributed by atoms with van der Waals surface area (Å²) in [5.74, 6) is 5.19. The maximum absolute atomic E-state index is 5.36. The molecule has 0 spiro atoms. The first-order valence-electron chi connectivity index (χ1n) is 5.36. The van der Waals surface area contributed by atoms with E-state index in [-0.39, 0.29) is 0 Å². The van der Waals surface area contributed by atoms with Gasteiger partial charge in [0.1, 0.15) is 0 Å². The van der Waals surface area contributed by atoms with E-state index < -0.39 is 0 Å². The molecule has 82 valence electrons. The molecule has 0 heterocycles. The molecule has 0 atom stereocenters. The molecule has 0 amide bonds. The molecule has 1 aromatic rings. The molecular formula is C12H18N2S. The number of unbranched alkanes of at least 4 members (excludes halogenated alkanes) is 2. The van der Waals surface area contributed by atoms with Crippen LogP contribution in [0.5, 0.6) is 0 Å². The van der Waals surface area contributed by atoms with Crippen molar-refractivity contribution in [1.82, 2.24) is 5.43 Å². The van der Waals surface area contributed by atoms with Gasteiger partial charge in [-0.1, -0.05) is 49.0 Å². The minimum atomic E-state index is 0.887. The van der Waals surface area contributed by atoms with Crippen LogP contribution in [0.2, 0.25) is 0 Å². The Kier molecular flexibility index (Phi) is 6.16. The molecule has 2 nitrogen and oxygen atoms in total. The number of hydrazine groups is 1. The van der Waals surface area contributed by atoms with Crippen molar-refractivity contribution < 1.29 is 0 Å². The van der Waals surface area contributed by atoms with Crippen LogP contribution in [0.3, 0.4) is 0 Å². The van der Waals surface area contributed by atoms with E-state index in [9.17, 15) is 0 Å². The Morgan fingerprint density at radius 1 is 1.13 bits per heavy atom. The molecule has 0 radical (unpaired) electrons. The highest BCUT2D eigenvalue weighted by atomic mass is 32.1. The Hall–Kier alpha value is -0.770. The van der Waals surface area contributed by atoms with Crippen LogP contribution in [0.4, 0.5) is 0 Å². The van der Waals surface area contributed by atoms with Crippen molar-refractivity contribution >= 4 is 17.1 Å². The smallest absolute Gasteiger partial charge is 0.0224 e. The first kappa shape index (κ1) is 12.3. The molecule has 0 saturated heterocycles. The van der Waals surface area contributed by atoms with Crippen LogP contribution in [-0.4, -0.2) is 11.4 Å². The molecule has 0 aromatic heterocycles. The number of thiocarbonyl (C=S) groups is 1. The highest BCUT2D eigenvalue weighted by Gasteiger charge is 1.99. The van der Waals surface area contributed by atoms with Gasteiger partial charge in [0.15, 0.2) is 0 Å². The number of hydrogen-bond acceptors (Lipinski definition) is 3. The molecule has 0 saturated carbocycles. The molecule has 0 bridgehead atoms. The molecule has 0 fully saturated rings. The maximum Gasteiger partial charge on any atom is 0.0224 e. The van der Waals surface area contributed by atoms with E-state index in [1.54, 1.807) is 0 Å². The lowest BCUT2D eigenvalue weighted by Gasteiger charge is -2.03. The zero-order valence-corrected chi connectivity index (χ0v) is 9.72. The summed E-state index contributed by atoms with van der Waals surface area (Å²) in [4.78, 5) is 1.07. The Bertz CT molecular complexity index is 285. The maximum atomic E-state index is 5.36. The van der Waals surface area contributed by atoms with Crippen molar-refractivity contribution in [2.45, 2.75) is 25.7 Å². The van der Waals surface area contributed by atoms with Crippen LogP contribution in [0.25, 0.3) is 0 Å². The zero-order valence-electron chi connectivity index (χ0n) is 8.91. The van der Waals surface area contributed by atoms with Crippen LogP contribution in [0, 0.1) is 0 Å². The van der Waals surface area contributed by atoms with Gasteiger partial charge in [-0.3, -0.25) is 11.3 Å². The second-order valence-corrected chi connectivity index (χ2v) is 4.05. The molecule has 0 unspecified atom stereocenters. The van der Waals surface area contributed by atoms with Crippen molar-refractivity contribution in [2.24, 2.45) is 5.84 Å². The normalized spacial score (nSPS) is 10.2. The van der Waals surface area contributed by atoms with Crippen molar-refractivity contribution in [3.63, 3.8) is 0 Å². The lowest BCUT2D eigenvalue weighted by atomic mass is 10.1. The van der Waals surface area contributed by atoms with E-state index in [2.05, 4.69) is 17.6 Å². The second-order valence-electron chi connectivity index (χ2n) is 3.55. The minimum Gasteiger partial charge on any atom is -0.271 e. The lowest BCUT2D eigenvalue weighted by Crippen LogP contribution is -2.22. The summed E-state index contributed by atoms with van der Waals surface area (Å²) >= 11 is 5.36. The summed E-state index contributed by atoms with van der Waals surface area (Å²) in [7, 11) is 0. The van der Waals surface area contributed by atoms with E-state index >= 15 is 0 Å². The number of hydrogen-bond donors (Lipinski definition) is 2. The summed E-state index contributed by atoms with van der Waals surface area (Å²) in [5.41, 5.74) is 3.84. The quantitative estimate of drug-likeness (QED) is 0.245. The molecular weight excluding hydrogens is 204 g/mol. The van der Waals surface area contributed by atoms with Crippen LogP contribution in [0.15, 0.2) is 30.3 Å². The van der Waals surface area contributed by atoms with Gasteiger partial charge in [-0.15, -0.1) is 0 Å². The number of benzene rings is 1. The van der Waals surface area contributed by atoms with Gasteiger partial charge in [0.25, 0.3) is 0 Å². The topological polar surface area (TPSA) is 38.0 Å². The van der Waals surface area contributed by atoms with Gasteiger partial charge in [0.2, 0.25) is 0 Å². The van der Waals surface area contributed by atoms with Crippen LogP contribution >= 0.6 is 12.2 Å². The number of nitrogens with two attached hydrogens (primary N) is 1. The standard InChI is InChI=1S/C12H18N2S/c13-14-10-6-2-5-9-12(15)11-7-3-1-4-8-11/h1,3-4,7-8,14H,2,5-6,9-10,13H2. The van der Waals surface area contributed by atoms with Gasteiger partial charge >= 0.3 is 0 Å². The van der Waals surface area contributed by atoms with Gasteiger partial charge in [0.05, 0.1) is 0 Å². The molecule has 0 aliphatic rings. The van der Waals surface area contributed by atoms with E-state index in [4.69, 9.17) is 18.1 Å². The molecule has 3 heteroatoms. The highest BCUT2D eigenvalue weighted by Crippen LogP contribution is 2.08. The Morgan fingerprint density at radius 2 is 1.87 bits per heavy atom. The average Bonchev–Trinajstić information content (AvgIpc) is 2.30. The third kappa shape index (κ3) is 5.02. The number of rotatable bonds is 7. The first-order valence-corrected chi connectivity index (χ1v) is 5.77. The van der Waals surface area contributed by atoms with Gasteiger partial charge in [0, 0.05) is 11.4 Å². The zero-order chi connectivity index (χ0) is 10.9. The van der Waals surface area contributed by atoms with Gasteiger partial charge in [-0.2, -0.15) is 0 Å². The Morgan fingerprint density at radius 3 is 2.53 bits per heavy atom. The van der Waals surface area contributed by atoms with Gasteiger partial charge < -0.3 is 0 Å². The highest BCUT2D eigenvalue weighted by molar-refractivity contribution is 7.80. The third-order valence-corrected chi connectivity index (χ3v) is 2.76. The van der Waals surface area contributed by atoms with E-state index in [0.717, 1.165) is 30.7 Å². The van der Waals surface area contributed by atoms with Crippen molar-refractivity contribution in [3.8, 4) is 0 Å². The van der Waals surface area contributed by atoms with Crippen LogP contribution in [0.1, 0.15) is 31.2 Å². The van der Waals surface area contributed by atoms with E-state index in [1.807, 2.05) is 18.2 Å². The SMILES string of the molecule is NNCCCCCC(=S)c1ccccc1. The van der Waals surface area contributed by atoms with E-state index in [0.29, 0.717) is 0 Å². The molecule has 0 aliphatic heterocycles. The number of nitrogens with one attached hydrogen (secondary N) is 1. The molecule has 0 aliphatic carbocycles. The fourth-order valence-corrected chi connectivity index (χ4v) is 1.74. The summed E-state index contributed by atoms with van der Waals surface area (Å²) in [6, 6.07) is 10.2. The fourth-order valence-electron chi connectivity index (χ4n) is 1.46. The van der Waals surface area contributed by atoms with Crippen molar-refractivity contribution in [1.29, 1.82) is 0 Å². The second kappa shape index (κ2) is 7.51. The first-order chi connectivity index (χ1) is 7.34. The summed E-state index contributed by atoms with van der Waals surface area (Å²) in [6.07, 6.45) is 4.45. The Balaban J connectivity index is 2.20.